The fraction of sp³-hybridized carbons (Fsp3) is 0.923. The maximum atomic E-state index is 11.9. The van der Waals surface area contributed by atoms with Gasteiger partial charge in [0.1, 0.15) is 0 Å². The van der Waals surface area contributed by atoms with Crippen molar-refractivity contribution in [1.82, 2.24) is 10.2 Å². The summed E-state index contributed by atoms with van der Waals surface area (Å²) < 4.78 is 0. The fourth-order valence-electron chi connectivity index (χ4n) is 2.67. The summed E-state index contributed by atoms with van der Waals surface area (Å²) in [5.41, 5.74) is 5.78. The molecule has 2 unspecified atom stereocenters. The zero-order valence-electron chi connectivity index (χ0n) is 11.2. The molecule has 1 aliphatic carbocycles. The van der Waals surface area contributed by atoms with Crippen LogP contribution >= 0.6 is 0 Å². The van der Waals surface area contributed by atoms with Crippen LogP contribution in [0.15, 0.2) is 0 Å². The normalized spacial score (nSPS) is 24.6. The number of amides is 1. The van der Waals surface area contributed by atoms with E-state index < -0.39 is 0 Å². The van der Waals surface area contributed by atoms with E-state index in [0.29, 0.717) is 18.5 Å². The Bertz CT molecular complexity index is 229. The molecule has 1 rings (SSSR count). The highest BCUT2D eigenvalue weighted by molar-refractivity contribution is 5.78. The second kappa shape index (κ2) is 7.67. The van der Waals surface area contributed by atoms with Crippen molar-refractivity contribution >= 4 is 5.91 Å². The standard InChI is InChI=1S/C13H27N3O/c1-3-16(4-2)13(17)10-15-12-8-6-5-7-11(12)9-14/h11-12,15H,3-10,14H2,1-2H3. The average Bonchev–Trinajstić information content (AvgIpc) is 2.38. The highest BCUT2D eigenvalue weighted by atomic mass is 16.2. The van der Waals surface area contributed by atoms with Crippen molar-refractivity contribution in [3.05, 3.63) is 0 Å². The molecule has 100 valence electrons. The quantitative estimate of drug-likeness (QED) is 0.728. The van der Waals surface area contributed by atoms with Crippen LogP contribution in [-0.2, 0) is 4.79 Å². The van der Waals surface area contributed by atoms with Crippen molar-refractivity contribution in [2.24, 2.45) is 11.7 Å². The van der Waals surface area contributed by atoms with E-state index in [-0.39, 0.29) is 5.91 Å². The number of hydrogen-bond donors (Lipinski definition) is 2. The van der Waals surface area contributed by atoms with Gasteiger partial charge in [0.15, 0.2) is 0 Å². The van der Waals surface area contributed by atoms with Crippen LogP contribution in [0.25, 0.3) is 0 Å². The Labute approximate surface area is 105 Å². The minimum atomic E-state index is 0.205. The van der Waals surface area contributed by atoms with Crippen LogP contribution in [0.1, 0.15) is 39.5 Å². The third kappa shape index (κ3) is 4.28. The molecule has 0 bridgehead atoms. The fourth-order valence-corrected chi connectivity index (χ4v) is 2.67. The second-order valence-electron chi connectivity index (χ2n) is 4.83. The zero-order chi connectivity index (χ0) is 12.7. The van der Waals surface area contributed by atoms with Gasteiger partial charge >= 0.3 is 0 Å². The minimum absolute atomic E-state index is 0.205. The summed E-state index contributed by atoms with van der Waals surface area (Å²) in [6.45, 7) is 6.82. The van der Waals surface area contributed by atoms with Crippen molar-refractivity contribution in [2.45, 2.75) is 45.6 Å². The molecule has 0 heterocycles. The monoisotopic (exact) mass is 241 g/mol. The van der Waals surface area contributed by atoms with Crippen LogP contribution in [-0.4, -0.2) is 43.0 Å². The van der Waals surface area contributed by atoms with Crippen LogP contribution in [0.4, 0.5) is 0 Å². The van der Waals surface area contributed by atoms with Crippen molar-refractivity contribution in [3.63, 3.8) is 0 Å². The maximum Gasteiger partial charge on any atom is 0.236 e. The number of likely N-dealkylation sites (N-methyl/N-ethyl adjacent to an activating group) is 1. The van der Waals surface area contributed by atoms with Gasteiger partial charge in [-0.1, -0.05) is 12.8 Å². The zero-order valence-corrected chi connectivity index (χ0v) is 11.2. The summed E-state index contributed by atoms with van der Waals surface area (Å²) in [6, 6.07) is 0.438. The Morgan fingerprint density at radius 1 is 1.29 bits per heavy atom. The number of nitrogens with zero attached hydrogens (tertiary/aromatic N) is 1. The van der Waals surface area contributed by atoms with E-state index in [0.717, 1.165) is 26.1 Å². The molecule has 0 aromatic rings. The predicted molar refractivity (Wildman–Crippen MR) is 70.7 cm³/mol. The van der Waals surface area contributed by atoms with Crippen LogP contribution < -0.4 is 11.1 Å². The van der Waals surface area contributed by atoms with Gasteiger partial charge in [-0.3, -0.25) is 4.79 Å². The summed E-state index contributed by atoms with van der Waals surface area (Å²) in [4.78, 5) is 13.7. The molecule has 1 aliphatic rings. The largest absolute Gasteiger partial charge is 0.342 e. The molecule has 1 fully saturated rings. The smallest absolute Gasteiger partial charge is 0.236 e. The Morgan fingerprint density at radius 2 is 1.94 bits per heavy atom. The van der Waals surface area contributed by atoms with E-state index in [4.69, 9.17) is 5.73 Å². The molecule has 0 saturated heterocycles. The Balaban J connectivity index is 2.35. The Kier molecular flexibility index (Phi) is 6.52. The molecule has 2 atom stereocenters. The minimum Gasteiger partial charge on any atom is -0.342 e. The lowest BCUT2D eigenvalue weighted by Crippen LogP contribution is -2.46. The number of nitrogens with one attached hydrogen (secondary N) is 1. The van der Waals surface area contributed by atoms with Gasteiger partial charge in [0.25, 0.3) is 0 Å². The van der Waals surface area contributed by atoms with Crippen molar-refractivity contribution in [1.29, 1.82) is 0 Å². The Morgan fingerprint density at radius 3 is 2.53 bits per heavy atom. The first-order chi connectivity index (χ1) is 8.22. The van der Waals surface area contributed by atoms with Gasteiger partial charge in [0.05, 0.1) is 6.54 Å². The van der Waals surface area contributed by atoms with Crippen LogP contribution in [0.2, 0.25) is 0 Å². The van der Waals surface area contributed by atoms with E-state index in [1.165, 1.54) is 19.3 Å². The van der Waals surface area contributed by atoms with E-state index >= 15 is 0 Å². The number of rotatable bonds is 6. The molecule has 0 spiro atoms. The van der Waals surface area contributed by atoms with E-state index in [1.807, 2.05) is 18.7 Å². The first-order valence-electron chi connectivity index (χ1n) is 6.94. The molecule has 0 aromatic carbocycles. The molecular formula is C13H27N3O. The van der Waals surface area contributed by atoms with E-state index in [2.05, 4.69) is 5.32 Å². The van der Waals surface area contributed by atoms with Gasteiger partial charge in [0.2, 0.25) is 5.91 Å². The Hall–Kier alpha value is -0.610. The van der Waals surface area contributed by atoms with Crippen LogP contribution in [0.3, 0.4) is 0 Å². The number of carbonyl (C=O) groups excluding carboxylic acids is 1. The van der Waals surface area contributed by atoms with Gasteiger partial charge in [-0.05, 0) is 39.2 Å². The third-order valence-corrected chi connectivity index (χ3v) is 3.84. The molecule has 0 radical (unpaired) electrons. The lowest BCUT2D eigenvalue weighted by Gasteiger charge is -2.32. The van der Waals surface area contributed by atoms with Gasteiger partial charge < -0.3 is 16.0 Å². The summed E-state index contributed by atoms with van der Waals surface area (Å²) in [6.07, 6.45) is 4.90. The highest BCUT2D eigenvalue weighted by Crippen LogP contribution is 2.23. The molecule has 1 saturated carbocycles. The molecule has 4 nitrogen and oxygen atoms in total. The number of nitrogens with two attached hydrogens (primary N) is 1. The topological polar surface area (TPSA) is 58.4 Å². The maximum absolute atomic E-state index is 11.9. The van der Waals surface area contributed by atoms with Gasteiger partial charge in [-0.15, -0.1) is 0 Å². The molecule has 3 N–H and O–H groups in total. The lowest BCUT2D eigenvalue weighted by atomic mass is 9.84. The SMILES string of the molecule is CCN(CC)C(=O)CNC1CCCCC1CN. The van der Waals surface area contributed by atoms with E-state index in [9.17, 15) is 4.79 Å². The molecule has 17 heavy (non-hydrogen) atoms. The van der Waals surface area contributed by atoms with Gasteiger partial charge in [-0.2, -0.15) is 0 Å². The average molecular weight is 241 g/mol. The number of carbonyl (C=O) groups is 1. The lowest BCUT2D eigenvalue weighted by molar-refractivity contribution is -0.130. The predicted octanol–water partition coefficient (Wildman–Crippen LogP) is 0.962. The first-order valence-corrected chi connectivity index (χ1v) is 6.94. The van der Waals surface area contributed by atoms with Crippen LogP contribution in [0.5, 0.6) is 0 Å². The molecular weight excluding hydrogens is 214 g/mol. The van der Waals surface area contributed by atoms with Crippen LogP contribution in [0, 0.1) is 5.92 Å². The van der Waals surface area contributed by atoms with E-state index in [1.54, 1.807) is 0 Å². The van der Waals surface area contributed by atoms with Crippen molar-refractivity contribution < 1.29 is 4.79 Å². The summed E-state index contributed by atoms with van der Waals surface area (Å²) in [5, 5.41) is 3.40. The van der Waals surface area contributed by atoms with Crippen molar-refractivity contribution in [2.75, 3.05) is 26.2 Å². The highest BCUT2D eigenvalue weighted by Gasteiger charge is 2.24. The molecule has 0 aliphatic heterocycles. The van der Waals surface area contributed by atoms with Crippen molar-refractivity contribution in [3.8, 4) is 0 Å². The second-order valence-corrected chi connectivity index (χ2v) is 4.83. The van der Waals surface area contributed by atoms with Gasteiger partial charge in [-0.25, -0.2) is 0 Å². The number of hydrogen-bond acceptors (Lipinski definition) is 3. The third-order valence-electron chi connectivity index (χ3n) is 3.84. The molecule has 1 amide bonds. The summed E-state index contributed by atoms with van der Waals surface area (Å²) in [7, 11) is 0. The first kappa shape index (κ1) is 14.5. The summed E-state index contributed by atoms with van der Waals surface area (Å²) >= 11 is 0. The molecule has 0 aromatic heterocycles. The molecule has 4 heteroatoms. The van der Waals surface area contributed by atoms with Gasteiger partial charge in [0, 0.05) is 19.1 Å². The summed E-state index contributed by atoms with van der Waals surface area (Å²) in [5.74, 6) is 0.754.